The van der Waals surface area contributed by atoms with Crippen molar-refractivity contribution in [1.82, 2.24) is 20.6 Å². The molecule has 0 spiro atoms. The minimum Gasteiger partial charge on any atom is -0.477 e. The van der Waals surface area contributed by atoms with E-state index in [9.17, 15) is 23.3 Å². The Morgan fingerprint density at radius 1 is 0.875 bits per heavy atom. The number of nitriles is 2. The van der Waals surface area contributed by atoms with E-state index in [0.717, 1.165) is 54.9 Å². The van der Waals surface area contributed by atoms with E-state index in [1.807, 2.05) is 47.2 Å². The first kappa shape index (κ1) is 40.7. The zero-order valence-corrected chi connectivity index (χ0v) is 32.2. The zero-order valence-electron chi connectivity index (χ0n) is 30.6. The number of ether oxygens (including phenoxy) is 2. The van der Waals surface area contributed by atoms with Crippen LogP contribution in [0.25, 0.3) is 11.3 Å². The Labute approximate surface area is 328 Å². The van der Waals surface area contributed by atoms with Gasteiger partial charge in [-0.05, 0) is 65.9 Å². The number of nitrogen functional groups attached to an aromatic ring is 2. The quantitative estimate of drug-likeness (QED) is 0.146. The minimum atomic E-state index is -3.27. The Kier molecular flexibility index (Phi) is 13.6. The molecule has 2 aromatic carbocycles. The molecular formula is C39H39N9O6S2. The molecule has 0 saturated carbocycles. The number of thiophene rings is 1. The monoisotopic (exact) mass is 793 g/mol. The summed E-state index contributed by atoms with van der Waals surface area (Å²) in [6.07, 6.45) is 1.13. The van der Waals surface area contributed by atoms with Gasteiger partial charge in [-0.1, -0.05) is 24.3 Å². The summed E-state index contributed by atoms with van der Waals surface area (Å²) in [5, 5.41) is 27.7. The number of carbonyl (C=O) groups excluding carboxylic acids is 2. The van der Waals surface area contributed by atoms with Crippen LogP contribution in [0.4, 0.5) is 17.1 Å². The number of nitrogens with two attached hydrogens (primary N) is 2. The summed E-state index contributed by atoms with van der Waals surface area (Å²) < 4.78 is 33.7. The molecule has 1 fully saturated rings. The third-order valence-corrected chi connectivity index (χ3v) is 10.2. The number of rotatable bonds is 11. The smallest absolute Gasteiger partial charge is 0.270 e. The fourth-order valence-corrected chi connectivity index (χ4v) is 6.73. The second kappa shape index (κ2) is 18.7. The molecule has 0 atom stereocenters. The Morgan fingerprint density at radius 3 is 1.95 bits per heavy atom. The third-order valence-electron chi connectivity index (χ3n) is 8.40. The van der Waals surface area contributed by atoms with E-state index in [0.29, 0.717) is 18.8 Å². The van der Waals surface area contributed by atoms with E-state index in [1.54, 1.807) is 25.1 Å². The lowest BCUT2D eigenvalue weighted by atomic mass is 10.1. The van der Waals surface area contributed by atoms with Gasteiger partial charge in [-0.25, -0.2) is 18.4 Å². The van der Waals surface area contributed by atoms with Gasteiger partial charge in [0, 0.05) is 49.1 Å². The number of amides is 2. The SMILES string of the molecule is CCOc1nc(C(=O)NCc2ccc(N3CCOCC3)cc2)cc(N)c1C#N.CS(=O)(=O)c1ccc(CNC(=O)c2cc(N)c(C#N)c(-c3ccsc3)n2)cc1. The van der Waals surface area contributed by atoms with Crippen LogP contribution in [0.3, 0.4) is 0 Å². The van der Waals surface area contributed by atoms with Crippen LogP contribution in [-0.4, -0.2) is 69.4 Å². The van der Waals surface area contributed by atoms with E-state index in [-0.39, 0.29) is 57.1 Å². The number of sulfone groups is 1. The van der Waals surface area contributed by atoms with Gasteiger partial charge < -0.3 is 36.5 Å². The number of aromatic nitrogens is 2. The van der Waals surface area contributed by atoms with Gasteiger partial charge in [0.25, 0.3) is 11.8 Å². The van der Waals surface area contributed by atoms with Gasteiger partial charge >= 0.3 is 0 Å². The molecule has 288 valence electrons. The Bertz CT molecular complexity index is 2370. The highest BCUT2D eigenvalue weighted by Gasteiger charge is 2.18. The van der Waals surface area contributed by atoms with Crippen molar-refractivity contribution in [3.63, 3.8) is 0 Å². The predicted molar refractivity (Wildman–Crippen MR) is 213 cm³/mol. The maximum atomic E-state index is 12.5. The Balaban J connectivity index is 0.000000214. The van der Waals surface area contributed by atoms with Gasteiger partial charge in [0.2, 0.25) is 5.88 Å². The van der Waals surface area contributed by atoms with Crippen molar-refractivity contribution in [3.05, 3.63) is 111 Å². The van der Waals surface area contributed by atoms with Crippen LogP contribution < -0.4 is 31.7 Å². The van der Waals surface area contributed by atoms with Gasteiger partial charge in [-0.2, -0.15) is 21.9 Å². The lowest BCUT2D eigenvalue weighted by molar-refractivity contribution is 0.0937. The molecule has 0 bridgehead atoms. The van der Waals surface area contributed by atoms with E-state index in [2.05, 4.69) is 25.5 Å². The molecule has 5 aromatic rings. The number of hydrogen-bond donors (Lipinski definition) is 4. The van der Waals surface area contributed by atoms with Crippen LogP contribution in [0.1, 0.15) is 50.2 Å². The normalized spacial score (nSPS) is 12.3. The summed E-state index contributed by atoms with van der Waals surface area (Å²) in [6, 6.07) is 22.8. The number of carbonyl (C=O) groups is 2. The maximum Gasteiger partial charge on any atom is 0.270 e. The van der Waals surface area contributed by atoms with Crippen molar-refractivity contribution >= 4 is 50.1 Å². The molecule has 17 heteroatoms. The van der Waals surface area contributed by atoms with E-state index >= 15 is 0 Å². The molecule has 1 aliphatic heterocycles. The number of nitrogens with one attached hydrogen (secondary N) is 2. The van der Waals surface area contributed by atoms with E-state index < -0.39 is 15.7 Å². The third kappa shape index (κ3) is 10.4. The fraction of sp³-hybridized carbons (Fsp3) is 0.231. The molecule has 6 rings (SSSR count). The predicted octanol–water partition coefficient (Wildman–Crippen LogP) is 4.30. The second-order valence-electron chi connectivity index (χ2n) is 12.3. The molecule has 1 aliphatic rings. The number of morpholine rings is 1. The van der Waals surface area contributed by atoms with Gasteiger partial charge in [0.05, 0.1) is 41.8 Å². The molecule has 4 heterocycles. The summed E-state index contributed by atoms with van der Waals surface area (Å²) in [5.41, 5.74) is 16.7. The lowest BCUT2D eigenvalue weighted by Crippen LogP contribution is -2.36. The average molecular weight is 794 g/mol. The Hall–Kier alpha value is -6.53. The van der Waals surface area contributed by atoms with Crippen molar-refractivity contribution < 1.29 is 27.5 Å². The van der Waals surface area contributed by atoms with Crippen LogP contribution in [0.2, 0.25) is 0 Å². The highest BCUT2D eigenvalue weighted by Crippen LogP contribution is 2.28. The lowest BCUT2D eigenvalue weighted by Gasteiger charge is -2.28. The molecule has 56 heavy (non-hydrogen) atoms. The molecule has 0 radical (unpaired) electrons. The van der Waals surface area contributed by atoms with Gasteiger partial charge in [-0.3, -0.25) is 9.59 Å². The standard InChI is InChI=1S/C20H23N5O3.C19H16N4O3S2/c1-2-28-20-16(12-21)17(22)11-18(24-20)19(26)23-13-14-3-5-15(6-4-14)25-7-9-27-10-8-25;1-28(25,26)14-4-2-12(3-5-14)10-22-19(24)17-8-16(21)15(9-20)18(23-17)13-6-7-27-11-13/h3-6,11H,2,7-10,13H2,1H3,(H2,22,24)(H,23,26);2-8,11H,10H2,1H3,(H2,21,23)(H,22,24). The summed E-state index contributed by atoms with van der Waals surface area (Å²) in [4.78, 5) is 35.9. The van der Waals surface area contributed by atoms with Crippen molar-refractivity contribution in [2.45, 2.75) is 24.9 Å². The van der Waals surface area contributed by atoms with Crippen LogP contribution in [-0.2, 0) is 27.7 Å². The van der Waals surface area contributed by atoms with Crippen molar-refractivity contribution in [1.29, 1.82) is 10.5 Å². The van der Waals surface area contributed by atoms with Gasteiger partial charge in [0.1, 0.15) is 34.7 Å². The first-order chi connectivity index (χ1) is 26.9. The minimum absolute atomic E-state index is 0.0741. The highest BCUT2D eigenvalue weighted by molar-refractivity contribution is 7.90. The number of hydrogen-bond acceptors (Lipinski definition) is 14. The van der Waals surface area contributed by atoms with Gasteiger partial charge in [-0.15, -0.1) is 0 Å². The van der Waals surface area contributed by atoms with Crippen LogP contribution in [0.15, 0.2) is 82.4 Å². The second-order valence-corrected chi connectivity index (χ2v) is 15.1. The highest BCUT2D eigenvalue weighted by atomic mass is 32.2. The van der Waals surface area contributed by atoms with Gasteiger partial charge in [0.15, 0.2) is 9.84 Å². The molecular weight excluding hydrogens is 755 g/mol. The summed E-state index contributed by atoms with van der Waals surface area (Å²) in [5.74, 6) is -0.751. The number of nitrogens with zero attached hydrogens (tertiary/aromatic N) is 5. The van der Waals surface area contributed by atoms with Crippen molar-refractivity contribution in [2.75, 3.05) is 55.5 Å². The van der Waals surface area contributed by atoms with Crippen molar-refractivity contribution in [3.8, 4) is 29.3 Å². The summed E-state index contributed by atoms with van der Waals surface area (Å²) in [7, 11) is -3.27. The topological polar surface area (TPSA) is 239 Å². The molecule has 1 saturated heterocycles. The summed E-state index contributed by atoms with van der Waals surface area (Å²) >= 11 is 1.45. The molecule has 0 unspecified atom stereocenters. The maximum absolute atomic E-state index is 12.5. The number of benzene rings is 2. The molecule has 15 nitrogen and oxygen atoms in total. The van der Waals surface area contributed by atoms with Crippen LogP contribution >= 0.6 is 11.3 Å². The Morgan fingerprint density at radius 2 is 1.43 bits per heavy atom. The van der Waals surface area contributed by atoms with Crippen LogP contribution in [0.5, 0.6) is 5.88 Å². The first-order valence-corrected chi connectivity index (χ1v) is 20.1. The van der Waals surface area contributed by atoms with E-state index in [4.69, 9.17) is 26.2 Å². The fourth-order valence-electron chi connectivity index (χ4n) is 5.46. The first-order valence-electron chi connectivity index (χ1n) is 17.3. The van der Waals surface area contributed by atoms with E-state index in [1.165, 1.54) is 35.6 Å². The molecule has 2 amide bonds. The largest absolute Gasteiger partial charge is 0.477 e. The average Bonchev–Trinajstić information content (AvgIpc) is 3.75. The number of pyridine rings is 2. The molecule has 6 N–H and O–H groups in total. The number of anilines is 3. The summed E-state index contributed by atoms with van der Waals surface area (Å²) in [6.45, 7) is 5.87. The van der Waals surface area contributed by atoms with Crippen molar-refractivity contribution in [2.24, 2.45) is 0 Å². The van der Waals surface area contributed by atoms with Crippen LogP contribution in [0, 0.1) is 22.7 Å². The molecule has 3 aromatic heterocycles. The molecule has 0 aliphatic carbocycles. The zero-order chi connectivity index (χ0) is 40.2.